The monoisotopic (exact) mass is 325 g/mol. The number of halogens is 2. The lowest BCUT2D eigenvalue weighted by Crippen LogP contribution is -2.38. The molecule has 0 amide bonds. The Hall–Kier alpha value is -0.770. The van der Waals surface area contributed by atoms with Crippen LogP contribution < -0.4 is 0 Å². The standard InChI is InChI=1S/C16H21Cl2N3/c1-16(6-8-20(2)9-7-16)11-21-13-5-3-4-12(18)15(13)19-14(21)10-17/h3-5H,6-11H2,1-2H3. The van der Waals surface area contributed by atoms with Gasteiger partial charge in [0.1, 0.15) is 11.3 Å². The first-order valence-corrected chi connectivity index (χ1v) is 8.32. The van der Waals surface area contributed by atoms with Gasteiger partial charge in [-0.15, -0.1) is 11.6 Å². The first kappa shape index (κ1) is 15.1. The number of imidazole rings is 1. The fourth-order valence-corrected chi connectivity index (χ4v) is 3.55. The van der Waals surface area contributed by atoms with Crippen molar-refractivity contribution in [3.8, 4) is 0 Å². The van der Waals surface area contributed by atoms with Crippen LogP contribution in [0.2, 0.25) is 5.02 Å². The summed E-state index contributed by atoms with van der Waals surface area (Å²) in [5, 5.41) is 0.700. The Balaban J connectivity index is 1.98. The summed E-state index contributed by atoms with van der Waals surface area (Å²) >= 11 is 12.4. The largest absolute Gasteiger partial charge is 0.326 e. The molecule has 1 aliphatic rings. The Labute approximate surface area is 135 Å². The Morgan fingerprint density at radius 2 is 2.00 bits per heavy atom. The summed E-state index contributed by atoms with van der Waals surface area (Å²) in [6.45, 7) is 5.63. The van der Waals surface area contributed by atoms with E-state index in [1.54, 1.807) is 0 Å². The number of benzene rings is 1. The molecule has 0 N–H and O–H groups in total. The lowest BCUT2D eigenvalue weighted by molar-refractivity contribution is 0.121. The highest BCUT2D eigenvalue weighted by Gasteiger charge is 2.30. The van der Waals surface area contributed by atoms with Gasteiger partial charge in [0.15, 0.2) is 0 Å². The van der Waals surface area contributed by atoms with Gasteiger partial charge in [-0.05, 0) is 50.5 Å². The lowest BCUT2D eigenvalue weighted by atomic mass is 9.80. The fourth-order valence-electron chi connectivity index (χ4n) is 3.14. The third kappa shape index (κ3) is 2.92. The molecular weight excluding hydrogens is 305 g/mol. The van der Waals surface area contributed by atoms with Crippen LogP contribution in [-0.2, 0) is 12.4 Å². The second-order valence-electron chi connectivity index (χ2n) is 6.47. The van der Waals surface area contributed by atoms with Crippen molar-refractivity contribution in [1.82, 2.24) is 14.5 Å². The van der Waals surface area contributed by atoms with Crippen LogP contribution in [0.25, 0.3) is 11.0 Å². The van der Waals surface area contributed by atoms with Gasteiger partial charge in [0, 0.05) is 6.54 Å². The highest BCUT2D eigenvalue weighted by molar-refractivity contribution is 6.35. The molecule has 0 unspecified atom stereocenters. The molecule has 0 spiro atoms. The molecule has 0 saturated carbocycles. The van der Waals surface area contributed by atoms with Crippen molar-refractivity contribution in [1.29, 1.82) is 0 Å². The van der Waals surface area contributed by atoms with E-state index in [0.29, 0.717) is 16.3 Å². The smallest absolute Gasteiger partial charge is 0.124 e. The number of likely N-dealkylation sites (tertiary alicyclic amines) is 1. The molecule has 3 rings (SSSR count). The maximum Gasteiger partial charge on any atom is 0.124 e. The van der Waals surface area contributed by atoms with E-state index in [4.69, 9.17) is 23.2 Å². The molecule has 3 nitrogen and oxygen atoms in total. The van der Waals surface area contributed by atoms with Crippen LogP contribution in [0.3, 0.4) is 0 Å². The van der Waals surface area contributed by atoms with E-state index < -0.39 is 0 Å². The second-order valence-corrected chi connectivity index (χ2v) is 7.14. The summed E-state index contributed by atoms with van der Waals surface area (Å²) in [6.07, 6.45) is 2.40. The van der Waals surface area contributed by atoms with Gasteiger partial charge in [-0.2, -0.15) is 0 Å². The normalized spacial score (nSPS) is 19.2. The molecule has 21 heavy (non-hydrogen) atoms. The zero-order valence-corrected chi connectivity index (χ0v) is 14.1. The summed E-state index contributed by atoms with van der Waals surface area (Å²) in [6, 6.07) is 5.96. The SMILES string of the molecule is CN1CCC(C)(Cn2c(CCl)nc3c(Cl)cccc32)CC1. The predicted molar refractivity (Wildman–Crippen MR) is 89.1 cm³/mol. The summed E-state index contributed by atoms with van der Waals surface area (Å²) < 4.78 is 2.26. The average molecular weight is 326 g/mol. The van der Waals surface area contributed by atoms with Crippen molar-refractivity contribution in [2.75, 3.05) is 20.1 Å². The molecular formula is C16H21Cl2N3. The Morgan fingerprint density at radius 3 is 2.67 bits per heavy atom. The second kappa shape index (κ2) is 5.79. The number of para-hydroxylation sites is 1. The van der Waals surface area contributed by atoms with Gasteiger partial charge in [0.2, 0.25) is 0 Å². The van der Waals surface area contributed by atoms with Crippen molar-refractivity contribution in [2.45, 2.75) is 32.2 Å². The maximum absolute atomic E-state index is 6.27. The summed E-state index contributed by atoms with van der Waals surface area (Å²) in [5.41, 5.74) is 2.26. The minimum Gasteiger partial charge on any atom is -0.326 e. The minimum atomic E-state index is 0.295. The third-order valence-corrected chi connectivity index (χ3v) is 5.21. The number of fused-ring (bicyclic) bond motifs is 1. The predicted octanol–water partition coefficient (Wildman–Crippen LogP) is 4.16. The maximum atomic E-state index is 6.27. The quantitative estimate of drug-likeness (QED) is 0.790. The van der Waals surface area contributed by atoms with Crippen LogP contribution in [0.5, 0.6) is 0 Å². The molecule has 5 heteroatoms. The van der Waals surface area contributed by atoms with E-state index in [-0.39, 0.29) is 0 Å². The van der Waals surface area contributed by atoms with Gasteiger partial charge in [0.05, 0.1) is 16.4 Å². The van der Waals surface area contributed by atoms with E-state index in [0.717, 1.165) is 36.5 Å². The number of nitrogens with zero attached hydrogens (tertiary/aromatic N) is 3. The topological polar surface area (TPSA) is 21.1 Å². The Kier molecular flexibility index (Phi) is 4.17. The number of piperidine rings is 1. The van der Waals surface area contributed by atoms with Crippen LogP contribution in [0.15, 0.2) is 18.2 Å². The Bertz CT molecular complexity index is 642. The van der Waals surface area contributed by atoms with Crippen LogP contribution in [0, 0.1) is 5.41 Å². The molecule has 1 saturated heterocycles. The van der Waals surface area contributed by atoms with Crippen LogP contribution >= 0.6 is 23.2 Å². The minimum absolute atomic E-state index is 0.295. The van der Waals surface area contributed by atoms with Gasteiger partial charge < -0.3 is 9.47 Å². The highest BCUT2D eigenvalue weighted by Crippen LogP contribution is 2.35. The van der Waals surface area contributed by atoms with Crippen molar-refractivity contribution < 1.29 is 0 Å². The van der Waals surface area contributed by atoms with E-state index >= 15 is 0 Å². The molecule has 2 aromatic rings. The van der Waals surface area contributed by atoms with Crippen LogP contribution in [0.1, 0.15) is 25.6 Å². The van der Waals surface area contributed by atoms with Gasteiger partial charge in [-0.1, -0.05) is 24.6 Å². The average Bonchev–Trinajstić information content (AvgIpc) is 2.82. The first-order valence-electron chi connectivity index (χ1n) is 7.40. The number of aromatic nitrogens is 2. The van der Waals surface area contributed by atoms with Crippen molar-refractivity contribution >= 4 is 34.2 Å². The molecule has 0 atom stereocenters. The van der Waals surface area contributed by atoms with Crippen LogP contribution in [0.4, 0.5) is 0 Å². The lowest BCUT2D eigenvalue weighted by Gasteiger charge is -2.38. The number of alkyl halides is 1. The zero-order chi connectivity index (χ0) is 15.0. The number of hydrogen-bond acceptors (Lipinski definition) is 2. The molecule has 0 radical (unpaired) electrons. The van der Waals surface area contributed by atoms with Crippen LogP contribution in [-0.4, -0.2) is 34.6 Å². The van der Waals surface area contributed by atoms with E-state index in [1.165, 1.54) is 12.8 Å². The summed E-state index contributed by atoms with van der Waals surface area (Å²) in [7, 11) is 2.19. The first-order chi connectivity index (χ1) is 10.0. The van der Waals surface area contributed by atoms with E-state index in [9.17, 15) is 0 Å². The number of rotatable bonds is 3. The summed E-state index contributed by atoms with van der Waals surface area (Å²) in [5.74, 6) is 1.33. The molecule has 1 aromatic carbocycles. The fraction of sp³-hybridized carbons (Fsp3) is 0.562. The highest BCUT2D eigenvalue weighted by atomic mass is 35.5. The molecule has 0 bridgehead atoms. The van der Waals surface area contributed by atoms with Gasteiger partial charge in [-0.3, -0.25) is 0 Å². The molecule has 0 aliphatic carbocycles. The molecule has 2 heterocycles. The molecule has 1 aromatic heterocycles. The van der Waals surface area contributed by atoms with Crippen molar-refractivity contribution in [3.05, 3.63) is 29.0 Å². The van der Waals surface area contributed by atoms with Gasteiger partial charge in [-0.25, -0.2) is 4.98 Å². The van der Waals surface area contributed by atoms with E-state index in [2.05, 4.69) is 34.5 Å². The molecule has 114 valence electrons. The van der Waals surface area contributed by atoms with Gasteiger partial charge in [0.25, 0.3) is 0 Å². The van der Waals surface area contributed by atoms with Crippen molar-refractivity contribution in [2.24, 2.45) is 5.41 Å². The number of hydrogen-bond donors (Lipinski definition) is 0. The Morgan fingerprint density at radius 1 is 1.29 bits per heavy atom. The molecule has 1 aliphatic heterocycles. The van der Waals surface area contributed by atoms with Crippen molar-refractivity contribution in [3.63, 3.8) is 0 Å². The third-order valence-electron chi connectivity index (χ3n) is 4.66. The zero-order valence-electron chi connectivity index (χ0n) is 12.6. The summed E-state index contributed by atoms with van der Waals surface area (Å²) in [4.78, 5) is 7.03. The molecule has 1 fully saturated rings. The van der Waals surface area contributed by atoms with E-state index in [1.807, 2.05) is 12.1 Å². The van der Waals surface area contributed by atoms with Gasteiger partial charge >= 0.3 is 0 Å².